The standard InChI is InChI=1S/C15H19ClN2O2/c16-11-1-6-14(10(7-11)8-17-12-2-3-12)20-9-15(19)18-13-4-5-13/h1,6-7,12-13,17H,2-5,8-9H2,(H,18,19). The van der Waals surface area contributed by atoms with Gasteiger partial charge in [-0.2, -0.15) is 0 Å². The van der Waals surface area contributed by atoms with E-state index in [1.165, 1.54) is 12.8 Å². The molecule has 0 atom stereocenters. The molecule has 0 radical (unpaired) electrons. The van der Waals surface area contributed by atoms with Crippen molar-refractivity contribution >= 4 is 17.5 Å². The van der Waals surface area contributed by atoms with Crippen LogP contribution in [0.25, 0.3) is 0 Å². The molecule has 1 aromatic rings. The van der Waals surface area contributed by atoms with Gasteiger partial charge < -0.3 is 15.4 Å². The van der Waals surface area contributed by atoms with Gasteiger partial charge in [-0.05, 0) is 43.9 Å². The maximum Gasteiger partial charge on any atom is 0.258 e. The van der Waals surface area contributed by atoms with Crippen LogP contribution in [-0.4, -0.2) is 24.6 Å². The summed E-state index contributed by atoms with van der Waals surface area (Å²) in [6.45, 7) is 0.791. The highest BCUT2D eigenvalue weighted by atomic mass is 35.5. The zero-order chi connectivity index (χ0) is 13.9. The molecule has 2 N–H and O–H groups in total. The lowest BCUT2D eigenvalue weighted by Crippen LogP contribution is -2.30. The van der Waals surface area contributed by atoms with E-state index in [2.05, 4.69) is 10.6 Å². The molecule has 5 heteroatoms. The topological polar surface area (TPSA) is 50.4 Å². The van der Waals surface area contributed by atoms with Crippen molar-refractivity contribution in [2.75, 3.05) is 6.61 Å². The number of nitrogens with one attached hydrogen (secondary N) is 2. The first-order chi connectivity index (χ1) is 9.70. The Balaban J connectivity index is 1.56. The number of ether oxygens (including phenoxy) is 1. The van der Waals surface area contributed by atoms with Crippen LogP contribution in [0.3, 0.4) is 0 Å². The van der Waals surface area contributed by atoms with Gasteiger partial charge in [-0.3, -0.25) is 4.79 Å². The molecule has 0 bridgehead atoms. The molecule has 0 aliphatic heterocycles. The lowest BCUT2D eigenvalue weighted by Gasteiger charge is -2.12. The second kappa shape index (κ2) is 6.02. The van der Waals surface area contributed by atoms with E-state index in [1.54, 1.807) is 6.07 Å². The maximum absolute atomic E-state index is 11.6. The minimum absolute atomic E-state index is 0.0523. The van der Waals surface area contributed by atoms with Crippen molar-refractivity contribution in [2.24, 2.45) is 0 Å². The van der Waals surface area contributed by atoms with E-state index in [1.807, 2.05) is 12.1 Å². The molecule has 0 heterocycles. The summed E-state index contributed by atoms with van der Waals surface area (Å²) < 4.78 is 5.62. The second-order valence-corrected chi connectivity index (χ2v) is 5.97. The number of carbonyl (C=O) groups is 1. The molecule has 20 heavy (non-hydrogen) atoms. The van der Waals surface area contributed by atoms with E-state index in [9.17, 15) is 4.79 Å². The van der Waals surface area contributed by atoms with Gasteiger partial charge in [0.2, 0.25) is 0 Å². The third kappa shape index (κ3) is 4.12. The van der Waals surface area contributed by atoms with E-state index in [4.69, 9.17) is 16.3 Å². The van der Waals surface area contributed by atoms with Gasteiger partial charge >= 0.3 is 0 Å². The van der Waals surface area contributed by atoms with Crippen LogP contribution in [0, 0.1) is 0 Å². The normalized spacial score (nSPS) is 17.9. The van der Waals surface area contributed by atoms with E-state index in [0.29, 0.717) is 17.1 Å². The average molecular weight is 295 g/mol. The van der Waals surface area contributed by atoms with Crippen LogP contribution in [0.2, 0.25) is 5.02 Å². The van der Waals surface area contributed by atoms with Gasteiger partial charge in [-0.1, -0.05) is 11.6 Å². The zero-order valence-electron chi connectivity index (χ0n) is 11.3. The summed E-state index contributed by atoms with van der Waals surface area (Å²) in [6.07, 6.45) is 4.65. The van der Waals surface area contributed by atoms with Crippen LogP contribution in [-0.2, 0) is 11.3 Å². The van der Waals surface area contributed by atoms with Gasteiger partial charge in [-0.15, -0.1) is 0 Å². The zero-order valence-corrected chi connectivity index (χ0v) is 12.1. The number of halogens is 1. The number of amides is 1. The molecular formula is C15H19ClN2O2. The van der Waals surface area contributed by atoms with Gasteiger partial charge in [0.1, 0.15) is 5.75 Å². The van der Waals surface area contributed by atoms with Crippen molar-refractivity contribution in [3.05, 3.63) is 28.8 Å². The molecule has 0 unspecified atom stereocenters. The summed E-state index contributed by atoms with van der Waals surface area (Å²) in [4.78, 5) is 11.6. The van der Waals surface area contributed by atoms with Gasteiger partial charge in [0.25, 0.3) is 5.91 Å². The predicted molar refractivity (Wildman–Crippen MR) is 78.0 cm³/mol. The van der Waals surface area contributed by atoms with Crippen molar-refractivity contribution in [1.82, 2.24) is 10.6 Å². The monoisotopic (exact) mass is 294 g/mol. The molecule has 2 saturated carbocycles. The number of hydrogen-bond acceptors (Lipinski definition) is 3. The number of benzene rings is 1. The minimum atomic E-state index is -0.0523. The highest BCUT2D eigenvalue weighted by Gasteiger charge is 2.23. The van der Waals surface area contributed by atoms with Crippen LogP contribution in [0.4, 0.5) is 0 Å². The van der Waals surface area contributed by atoms with Crippen LogP contribution in [0.1, 0.15) is 31.2 Å². The lowest BCUT2D eigenvalue weighted by molar-refractivity contribution is -0.123. The number of rotatable bonds is 7. The van der Waals surface area contributed by atoms with Crippen LogP contribution in [0.5, 0.6) is 5.75 Å². The summed E-state index contributed by atoms with van der Waals surface area (Å²) in [5.74, 6) is 0.678. The lowest BCUT2D eigenvalue weighted by atomic mass is 10.2. The fourth-order valence-corrected chi connectivity index (χ4v) is 2.20. The fourth-order valence-electron chi connectivity index (χ4n) is 2.01. The Morgan fingerprint density at radius 3 is 2.70 bits per heavy atom. The van der Waals surface area contributed by atoms with Crippen molar-refractivity contribution in [1.29, 1.82) is 0 Å². The third-order valence-electron chi connectivity index (χ3n) is 3.48. The predicted octanol–water partition coefficient (Wildman–Crippen LogP) is 2.25. The molecule has 0 saturated heterocycles. The summed E-state index contributed by atoms with van der Waals surface area (Å²) in [5, 5.41) is 7.03. The first-order valence-corrected chi connectivity index (χ1v) is 7.52. The summed E-state index contributed by atoms with van der Waals surface area (Å²) >= 11 is 6.02. The Bertz CT molecular complexity index is 499. The van der Waals surface area contributed by atoms with Gasteiger partial charge in [0.15, 0.2) is 6.61 Å². The van der Waals surface area contributed by atoms with E-state index in [-0.39, 0.29) is 12.5 Å². The molecule has 2 aliphatic rings. The summed E-state index contributed by atoms with van der Waals surface area (Å²) in [7, 11) is 0. The van der Waals surface area contributed by atoms with E-state index < -0.39 is 0 Å². The Labute approximate surface area is 123 Å². The van der Waals surface area contributed by atoms with Gasteiger partial charge in [-0.25, -0.2) is 0 Å². The SMILES string of the molecule is O=C(COc1ccc(Cl)cc1CNC1CC1)NC1CC1. The van der Waals surface area contributed by atoms with Crippen molar-refractivity contribution in [3.8, 4) is 5.75 Å². The summed E-state index contributed by atoms with van der Waals surface area (Å²) in [5.41, 5.74) is 1.00. The van der Waals surface area contributed by atoms with Crippen molar-refractivity contribution < 1.29 is 9.53 Å². The van der Waals surface area contributed by atoms with Crippen LogP contribution in [0.15, 0.2) is 18.2 Å². The van der Waals surface area contributed by atoms with Crippen molar-refractivity contribution in [3.63, 3.8) is 0 Å². The smallest absolute Gasteiger partial charge is 0.258 e. The molecule has 4 nitrogen and oxygen atoms in total. The molecule has 1 aromatic carbocycles. The fraction of sp³-hybridized carbons (Fsp3) is 0.533. The Kier molecular flexibility index (Phi) is 4.13. The van der Waals surface area contributed by atoms with E-state index in [0.717, 1.165) is 30.7 Å². The van der Waals surface area contributed by atoms with Gasteiger partial charge in [0.05, 0.1) is 0 Å². The third-order valence-corrected chi connectivity index (χ3v) is 3.72. The first kappa shape index (κ1) is 13.7. The Hall–Kier alpha value is -1.26. The molecule has 2 fully saturated rings. The molecule has 0 aromatic heterocycles. The molecule has 108 valence electrons. The minimum Gasteiger partial charge on any atom is -0.483 e. The summed E-state index contributed by atoms with van der Waals surface area (Å²) in [6, 6.07) is 6.50. The largest absolute Gasteiger partial charge is 0.483 e. The highest BCUT2D eigenvalue weighted by molar-refractivity contribution is 6.30. The quantitative estimate of drug-likeness (QED) is 0.811. The van der Waals surface area contributed by atoms with Crippen molar-refractivity contribution in [2.45, 2.75) is 44.3 Å². The molecular weight excluding hydrogens is 276 g/mol. The molecule has 1 amide bonds. The number of carbonyl (C=O) groups excluding carboxylic acids is 1. The second-order valence-electron chi connectivity index (χ2n) is 5.54. The Morgan fingerprint density at radius 1 is 1.25 bits per heavy atom. The Morgan fingerprint density at radius 2 is 2.00 bits per heavy atom. The molecule has 2 aliphatic carbocycles. The molecule has 0 spiro atoms. The van der Waals surface area contributed by atoms with Gasteiger partial charge in [0, 0.05) is 29.2 Å². The molecule has 3 rings (SSSR count). The maximum atomic E-state index is 11.6. The van der Waals surface area contributed by atoms with Crippen LogP contribution < -0.4 is 15.4 Å². The average Bonchev–Trinajstić information content (AvgIpc) is 3.30. The highest BCUT2D eigenvalue weighted by Crippen LogP contribution is 2.25. The number of hydrogen-bond donors (Lipinski definition) is 2. The first-order valence-electron chi connectivity index (χ1n) is 7.14. The van der Waals surface area contributed by atoms with Crippen LogP contribution >= 0.6 is 11.6 Å². The van der Waals surface area contributed by atoms with E-state index >= 15 is 0 Å².